The van der Waals surface area contributed by atoms with Crippen molar-refractivity contribution in [1.82, 2.24) is 4.98 Å². The van der Waals surface area contributed by atoms with Gasteiger partial charge in [0.1, 0.15) is 17.6 Å². The first-order valence-electron chi connectivity index (χ1n) is 6.65. The fourth-order valence-corrected chi connectivity index (χ4v) is 2.08. The Morgan fingerprint density at radius 1 is 1.27 bits per heavy atom. The number of rotatable bonds is 5. The molecule has 1 aromatic carbocycles. The predicted octanol–water partition coefficient (Wildman–Crippen LogP) is 3.78. The van der Waals surface area contributed by atoms with Crippen LogP contribution in [0.2, 0.25) is 0 Å². The van der Waals surface area contributed by atoms with Crippen molar-refractivity contribution in [2.45, 2.75) is 27.0 Å². The van der Waals surface area contributed by atoms with Crippen molar-refractivity contribution in [2.75, 3.05) is 5.32 Å². The van der Waals surface area contributed by atoms with Crippen molar-refractivity contribution in [1.29, 1.82) is 5.26 Å². The molecule has 0 aliphatic rings. The molecule has 0 amide bonds. The van der Waals surface area contributed by atoms with Crippen molar-refractivity contribution in [3.05, 3.63) is 52.7 Å². The molecule has 4 nitrogen and oxygen atoms in total. The number of hydrogen-bond donors (Lipinski definition) is 1. The van der Waals surface area contributed by atoms with E-state index in [1.807, 2.05) is 19.9 Å². The Labute approximate surface area is 127 Å². The van der Waals surface area contributed by atoms with E-state index in [2.05, 4.69) is 21.1 Å². The van der Waals surface area contributed by atoms with Crippen LogP contribution in [0, 0.1) is 25.2 Å². The van der Waals surface area contributed by atoms with Gasteiger partial charge in [-0.05, 0) is 43.2 Å². The number of anilines is 1. The van der Waals surface area contributed by atoms with Gasteiger partial charge in [-0.2, -0.15) is 14.0 Å². The minimum absolute atomic E-state index is 0.112. The summed E-state index contributed by atoms with van der Waals surface area (Å²) in [5, 5.41) is 12.3. The molecule has 6 heteroatoms. The number of nitrogens with one attached hydrogen (secondary N) is 1. The number of benzene rings is 1. The molecule has 22 heavy (non-hydrogen) atoms. The van der Waals surface area contributed by atoms with Crippen LogP contribution in [-0.2, 0) is 6.54 Å². The van der Waals surface area contributed by atoms with E-state index in [-0.39, 0.29) is 5.75 Å². The van der Waals surface area contributed by atoms with Gasteiger partial charge in [0, 0.05) is 12.2 Å². The third-order valence-corrected chi connectivity index (χ3v) is 3.06. The number of hydrogen-bond acceptors (Lipinski definition) is 4. The lowest BCUT2D eigenvalue weighted by atomic mass is 10.1. The average molecular weight is 303 g/mol. The summed E-state index contributed by atoms with van der Waals surface area (Å²) >= 11 is 0. The van der Waals surface area contributed by atoms with E-state index >= 15 is 0 Å². The molecule has 2 rings (SSSR count). The largest absolute Gasteiger partial charge is 0.435 e. The number of pyridine rings is 1. The second kappa shape index (κ2) is 6.85. The molecule has 0 bridgehead atoms. The van der Waals surface area contributed by atoms with Crippen LogP contribution in [0.3, 0.4) is 0 Å². The lowest BCUT2D eigenvalue weighted by Gasteiger charge is -2.11. The molecule has 2 aromatic rings. The van der Waals surface area contributed by atoms with Crippen LogP contribution in [0.4, 0.5) is 14.6 Å². The van der Waals surface area contributed by atoms with Crippen LogP contribution in [0.5, 0.6) is 5.75 Å². The van der Waals surface area contributed by atoms with E-state index in [0.29, 0.717) is 17.9 Å². The molecule has 0 aliphatic carbocycles. The summed E-state index contributed by atoms with van der Waals surface area (Å²) in [5.74, 6) is 0.633. The van der Waals surface area contributed by atoms with E-state index in [9.17, 15) is 14.0 Å². The Morgan fingerprint density at radius 3 is 2.55 bits per heavy atom. The maximum atomic E-state index is 12.1. The third-order valence-electron chi connectivity index (χ3n) is 3.06. The van der Waals surface area contributed by atoms with Gasteiger partial charge >= 0.3 is 6.61 Å². The average Bonchev–Trinajstić information content (AvgIpc) is 2.45. The molecular formula is C16H15F2N3O. The normalized spacial score (nSPS) is 10.4. The van der Waals surface area contributed by atoms with E-state index in [4.69, 9.17) is 0 Å². The van der Waals surface area contributed by atoms with Gasteiger partial charge in [0.05, 0.1) is 5.56 Å². The molecule has 1 N–H and O–H groups in total. The molecule has 0 unspecified atom stereocenters. The summed E-state index contributed by atoms with van der Waals surface area (Å²) in [6.07, 6.45) is 0. The Balaban J connectivity index is 2.09. The van der Waals surface area contributed by atoms with Crippen molar-refractivity contribution in [3.63, 3.8) is 0 Å². The highest BCUT2D eigenvalue weighted by Crippen LogP contribution is 2.19. The summed E-state index contributed by atoms with van der Waals surface area (Å²) in [4.78, 5) is 4.32. The Hall–Kier alpha value is -2.68. The summed E-state index contributed by atoms with van der Waals surface area (Å²) in [6.45, 7) is 1.31. The molecule has 114 valence electrons. The number of nitrogens with zero attached hydrogens (tertiary/aromatic N) is 2. The van der Waals surface area contributed by atoms with Crippen LogP contribution in [0.15, 0.2) is 30.3 Å². The second-order valence-electron chi connectivity index (χ2n) is 4.79. The molecule has 0 aliphatic heterocycles. The molecule has 0 saturated carbocycles. The molecule has 1 heterocycles. The first kappa shape index (κ1) is 15.7. The van der Waals surface area contributed by atoms with Gasteiger partial charge in [0.25, 0.3) is 0 Å². The van der Waals surface area contributed by atoms with Crippen LogP contribution in [0.25, 0.3) is 0 Å². The monoisotopic (exact) mass is 303 g/mol. The summed E-state index contributed by atoms with van der Waals surface area (Å²) in [7, 11) is 0. The molecule has 0 radical (unpaired) electrons. The van der Waals surface area contributed by atoms with Gasteiger partial charge in [-0.1, -0.05) is 12.1 Å². The van der Waals surface area contributed by atoms with Gasteiger partial charge in [0.2, 0.25) is 0 Å². The van der Waals surface area contributed by atoms with E-state index in [0.717, 1.165) is 16.8 Å². The molecule has 0 spiro atoms. The summed E-state index contributed by atoms with van der Waals surface area (Å²) in [5.41, 5.74) is 3.05. The minimum Gasteiger partial charge on any atom is -0.435 e. The van der Waals surface area contributed by atoms with Gasteiger partial charge in [-0.15, -0.1) is 0 Å². The number of aryl methyl sites for hydroxylation is 2. The van der Waals surface area contributed by atoms with Gasteiger partial charge < -0.3 is 10.1 Å². The van der Waals surface area contributed by atoms with E-state index < -0.39 is 6.61 Å². The Bertz CT molecular complexity index is 694. The van der Waals surface area contributed by atoms with Crippen molar-refractivity contribution >= 4 is 5.82 Å². The zero-order chi connectivity index (χ0) is 16.1. The van der Waals surface area contributed by atoms with Gasteiger partial charge in [-0.3, -0.25) is 0 Å². The zero-order valence-corrected chi connectivity index (χ0v) is 12.2. The maximum absolute atomic E-state index is 12.1. The lowest BCUT2D eigenvalue weighted by Crippen LogP contribution is -2.06. The van der Waals surface area contributed by atoms with Crippen LogP contribution in [-0.4, -0.2) is 11.6 Å². The van der Waals surface area contributed by atoms with Crippen LogP contribution >= 0.6 is 0 Å². The first-order chi connectivity index (χ1) is 10.5. The molecule has 0 saturated heterocycles. The first-order valence-corrected chi connectivity index (χ1v) is 6.65. The standard InChI is InChI=1S/C16H15F2N3O/c1-10-7-11(2)21-15(14(10)8-19)20-9-12-3-5-13(6-4-12)22-16(17)18/h3-7,16H,9H2,1-2H3,(H,20,21). The molecule has 0 atom stereocenters. The van der Waals surface area contributed by atoms with Crippen LogP contribution < -0.4 is 10.1 Å². The molecule has 1 aromatic heterocycles. The third kappa shape index (κ3) is 3.92. The summed E-state index contributed by atoms with van der Waals surface area (Å²) in [6, 6.07) is 10.3. The molecule has 0 fully saturated rings. The van der Waals surface area contributed by atoms with Crippen molar-refractivity contribution in [3.8, 4) is 11.8 Å². The topological polar surface area (TPSA) is 57.9 Å². The number of alkyl halides is 2. The highest BCUT2D eigenvalue weighted by Gasteiger charge is 2.08. The SMILES string of the molecule is Cc1cc(C)c(C#N)c(NCc2ccc(OC(F)F)cc2)n1. The number of ether oxygens (including phenoxy) is 1. The highest BCUT2D eigenvalue weighted by atomic mass is 19.3. The second-order valence-corrected chi connectivity index (χ2v) is 4.79. The van der Waals surface area contributed by atoms with Crippen molar-refractivity contribution < 1.29 is 13.5 Å². The van der Waals surface area contributed by atoms with Crippen molar-refractivity contribution in [2.24, 2.45) is 0 Å². The fraction of sp³-hybridized carbons (Fsp3) is 0.250. The van der Waals surface area contributed by atoms with E-state index in [1.54, 1.807) is 12.1 Å². The Morgan fingerprint density at radius 2 is 1.95 bits per heavy atom. The number of nitriles is 1. The lowest BCUT2D eigenvalue weighted by molar-refractivity contribution is -0.0498. The van der Waals surface area contributed by atoms with Crippen LogP contribution in [0.1, 0.15) is 22.4 Å². The number of halogens is 2. The maximum Gasteiger partial charge on any atom is 0.387 e. The Kier molecular flexibility index (Phi) is 4.89. The fourth-order valence-electron chi connectivity index (χ4n) is 2.08. The number of aromatic nitrogens is 1. The van der Waals surface area contributed by atoms with E-state index in [1.165, 1.54) is 12.1 Å². The molecular weight excluding hydrogens is 288 g/mol. The van der Waals surface area contributed by atoms with Gasteiger partial charge in [0.15, 0.2) is 0 Å². The quantitative estimate of drug-likeness (QED) is 0.913. The zero-order valence-electron chi connectivity index (χ0n) is 12.2. The smallest absolute Gasteiger partial charge is 0.387 e. The minimum atomic E-state index is -2.83. The highest BCUT2D eigenvalue weighted by molar-refractivity contribution is 5.56. The summed E-state index contributed by atoms with van der Waals surface area (Å²) < 4.78 is 28.4. The van der Waals surface area contributed by atoms with Gasteiger partial charge in [-0.25, -0.2) is 4.98 Å². The predicted molar refractivity (Wildman–Crippen MR) is 78.8 cm³/mol.